The largest absolute Gasteiger partial charge is 0.477 e. The molecule has 1 saturated heterocycles. The second-order valence-electron chi connectivity index (χ2n) is 4.93. The first-order chi connectivity index (χ1) is 10.5. The number of carbonyl (C=O) groups excluding carboxylic acids is 1. The molecule has 1 aromatic rings. The highest BCUT2D eigenvalue weighted by atomic mass is 32.2. The van der Waals surface area contributed by atoms with Crippen molar-refractivity contribution in [2.24, 2.45) is 5.73 Å². The van der Waals surface area contributed by atoms with Crippen LogP contribution in [0.15, 0.2) is 23.7 Å². The maximum Gasteiger partial charge on any atom is 0.352 e. The second kappa shape index (κ2) is 5.37. The van der Waals surface area contributed by atoms with Crippen LogP contribution in [0.5, 0.6) is 0 Å². The molecule has 3 rings (SSSR count). The summed E-state index contributed by atoms with van der Waals surface area (Å²) in [6, 6.07) is -0.524. The third-order valence-electron chi connectivity index (χ3n) is 3.44. The minimum Gasteiger partial charge on any atom is -0.477 e. The first-order valence-corrected chi connectivity index (χ1v) is 7.52. The minimum atomic E-state index is -1.17. The van der Waals surface area contributed by atoms with Crippen molar-refractivity contribution in [1.82, 2.24) is 14.9 Å². The third-order valence-corrected chi connectivity index (χ3v) is 4.78. The highest BCUT2D eigenvalue weighted by molar-refractivity contribution is 8.00. The molecule has 10 heteroatoms. The van der Waals surface area contributed by atoms with E-state index in [1.807, 2.05) is 0 Å². The number of hydrogen-bond acceptors (Lipinski definition) is 6. The van der Waals surface area contributed by atoms with E-state index in [-0.39, 0.29) is 29.2 Å². The van der Waals surface area contributed by atoms with Crippen molar-refractivity contribution in [1.29, 1.82) is 5.41 Å². The highest BCUT2D eigenvalue weighted by Gasteiger charge is 2.53. The molecule has 2 atom stereocenters. The number of H-pyrrole nitrogens is 1. The van der Waals surface area contributed by atoms with Gasteiger partial charge in [0.1, 0.15) is 17.1 Å². The van der Waals surface area contributed by atoms with Gasteiger partial charge in [0, 0.05) is 24.6 Å². The number of carboxylic acid groups (broad SMARTS) is 1. The Morgan fingerprint density at radius 1 is 1.68 bits per heavy atom. The summed E-state index contributed by atoms with van der Waals surface area (Å²) in [4.78, 5) is 31.9. The average Bonchev–Trinajstić information content (AvgIpc) is 2.96. The van der Waals surface area contributed by atoms with E-state index in [4.69, 9.17) is 11.1 Å². The molecule has 6 N–H and O–H groups in total. The number of aromatic amines is 1. The van der Waals surface area contributed by atoms with Crippen molar-refractivity contribution >= 4 is 35.4 Å². The standard InChI is InChI=1S/C12H14N6O3S/c13-6(14)3-5-4-22-10-7(17-12-15-1-2-16-12)9(19)18(10)8(5)11(20)21/h1-2,7,10H,3-4H2,(H3,13,14)(H,20,21)(H2,15,16,17)/t7?,10-/m0/s1. The summed E-state index contributed by atoms with van der Waals surface area (Å²) >= 11 is 1.45. The lowest BCUT2D eigenvalue weighted by atomic mass is 10.0. The number of carbonyl (C=O) groups is 2. The van der Waals surface area contributed by atoms with Crippen molar-refractivity contribution in [3.8, 4) is 0 Å². The Morgan fingerprint density at radius 3 is 3.05 bits per heavy atom. The summed E-state index contributed by atoms with van der Waals surface area (Å²) in [6.45, 7) is 0. The zero-order valence-electron chi connectivity index (χ0n) is 11.4. The van der Waals surface area contributed by atoms with Crippen LogP contribution in [0.1, 0.15) is 6.42 Å². The molecule has 0 aromatic carbocycles. The lowest BCUT2D eigenvalue weighted by molar-refractivity contribution is -0.147. The molecule has 1 aromatic heterocycles. The molecule has 1 fully saturated rings. The van der Waals surface area contributed by atoms with Gasteiger partial charge in [-0.1, -0.05) is 0 Å². The fourth-order valence-corrected chi connectivity index (χ4v) is 3.89. The molecule has 0 saturated carbocycles. The summed E-state index contributed by atoms with van der Waals surface area (Å²) in [5, 5.41) is 19.4. The van der Waals surface area contributed by atoms with E-state index < -0.39 is 12.0 Å². The van der Waals surface area contributed by atoms with Gasteiger partial charge in [0.2, 0.25) is 5.95 Å². The van der Waals surface area contributed by atoms with Crippen molar-refractivity contribution < 1.29 is 14.7 Å². The average molecular weight is 322 g/mol. The lowest BCUT2D eigenvalue weighted by Crippen LogP contribution is -2.67. The van der Waals surface area contributed by atoms with E-state index in [2.05, 4.69) is 15.3 Å². The fourth-order valence-electron chi connectivity index (χ4n) is 2.54. The second-order valence-corrected chi connectivity index (χ2v) is 6.03. The number of carboxylic acids is 1. The van der Waals surface area contributed by atoms with Crippen LogP contribution in [-0.4, -0.2) is 54.9 Å². The Hall–Kier alpha value is -2.49. The number of amides is 1. The Kier molecular flexibility index (Phi) is 3.53. The molecule has 0 bridgehead atoms. The van der Waals surface area contributed by atoms with Crippen LogP contribution < -0.4 is 11.1 Å². The number of imidazole rings is 1. The first-order valence-electron chi connectivity index (χ1n) is 6.48. The number of nitrogens with zero attached hydrogens (tertiary/aromatic N) is 2. The number of aliphatic carboxylic acids is 1. The molecule has 22 heavy (non-hydrogen) atoms. The summed E-state index contributed by atoms with van der Waals surface area (Å²) in [5.74, 6) is -0.732. The van der Waals surface area contributed by atoms with E-state index in [1.165, 1.54) is 16.7 Å². The smallest absolute Gasteiger partial charge is 0.352 e. The molecule has 0 radical (unpaired) electrons. The monoisotopic (exact) mass is 322 g/mol. The maximum atomic E-state index is 12.3. The highest BCUT2D eigenvalue weighted by Crippen LogP contribution is 2.41. The normalized spacial score (nSPS) is 23.8. The minimum absolute atomic E-state index is 0.0542. The predicted molar refractivity (Wildman–Crippen MR) is 80.3 cm³/mol. The fraction of sp³-hybridized carbons (Fsp3) is 0.333. The molecule has 0 spiro atoms. The molecule has 2 aliphatic rings. The number of amidine groups is 1. The number of aromatic nitrogens is 2. The van der Waals surface area contributed by atoms with Gasteiger partial charge in [-0.05, 0) is 5.57 Å². The first kappa shape index (κ1) is 14.4. The number of nitrogens with one attached hydrogen (secondary N) is 3. The van der Waals surface area contributed by atoms with Crippen LogP contribution in [-0.2, 0) is 9.59 Å². The number of hydrogen-bond donors (Lipinski definition) is 5. The molecular formula is C12H14N6O3S. The van der Waals surface area contributed by atoms with Crippen LogP contribution in [0.25, 0.3) is 0 Å². The number of nitrogens with two attached hydrogens (primary N) is 1. The SMILES string of the molecule is N=C(N)CC1=C(C(=O)O)N2C(=O)C(Nc3ncc[nH]3)[C@@H]2SC1. The van der Waals surface area contributed by atoms with Crippen LogP contribution in [0.4, 0.5) is 5.95 Å². The summed E-state index contributed by atoms with van der Waals surface area (Å²) in [5.41, 5.74) is 5.79. The molecule has 9 nitrogen and oxygen atoms in total. The predicted octanol–water partition coefficient (Wildman–Crippen LogP) is -0.230. The van der Waals surface area contributed by atoms with Crippen LogP contribution in [0.3, 0.4) is 0 Å². The van der Waals surface area contributed by atoms with Gasteiger partial charge in [-0.25, -0.2) is 9.78 Å². The van der Waals surface area contributed by atoms with Gasteiger partial charge >= 0.3 is 5.97 Å². The van der Waals surface area contributed by atoms with Gasteiger partial charge in [0.15, 0.2) is 0 Å². The molecule has 0 aliphatic carbocycles. The lowest BCUT2D eigenvalue weighted by Gasteiger charge is -2.49. The molecule has 2 aliphatic heterocycles. The van der Waals surface area contributed by atoms with E-state index in [0.29, 0.717) is 17.3 Å². The molecule has 3 heterocycles. The molecular weight excluding hydrogens is 308 g/mol. The van der Waals surface area contributed by atoms with E-state index in [1.54, 1.807) is 12.4 Å². The Morgan fingerprint density at radius 2 is 2.45 bits per heavy atom. The zero-order valence-corrected chi connectivity index (χ0v) is 12.2. The van der Waals surface area contributed by atoms with Crippen LogP contribution in [0, 0.1) is 5.41 Å². The molecule has 1 unspecified atom stereocenters. The number of β-lactam (4-membered cyclic amide) rings is 1. The summed E-state index contributed by atoms with van der Waals surface area (Å²) in [6.07, 6.45) is 3.25. The van der Waals surface area contributed by atoms with Gasteiger partial charge in [-0.2, -0.15) is 0 Å². The Bertz CT molecular complexity index is 670. The van der Waals surface area contributed by atoms with Crippen molar-refractivity contribution in [2.45, 2.75) is 17.8 Å². The maximum absolute atomic E-state index is 12.3. The number of rotatable bonds is 5. The van der Waals surface area contributed by atoms with Crippen molar-refractivity contribution in [2.75, 3.05) is 11.1 Å². The summed E-state index contributed by atoms with van der Waals surface area (Å²) in [7, 11) is 0. The Balaban J connectivity index is 1.84. The number of anilines is 1. The number of fused-ring (bicyclic) bond motifs is 1. The Labute approximate surface area is 129 Å². The van der Waals surface area contributed by atoms with Gasteiger partial charge in [-0.3, -0.25) is 15.1 Å². The van der Waals surface area contributed by atoms with Gasteiger partial charge < -0.3 is 21.1 Å². The van der Waals surface area contributed by atoms with Crippen LogP contribution in [0.2, 0.25) is 0 Å². The molecule has 1 amide bonds. The van der Waals surface area contributed by atoms with Gasteiger partial charge in [0.05, 0.1) is 5.84 Å². The van der Waals surface area contributed by atoms with Gasteiger partial charge in [0.25, 0.3) is 5.91 Å². The number of thioether (sulfide) groups is 1. The van der Waals surface area contributed by atoms with Crippen LogP contribution >= 0.6 is 11.8 Å². The van der Waals surface area contributed by atoms with Gasteiger partial charge in [-0.15, -0.1) is 11.8 Å². The third kappa shape index (κ3) is 2.30. The van der Waals surface area contributed by atoms with E-state index in [0.717, 1.165) is 0 Å². The quantitative estimate of drug-likeness (QED) is 0.285. The topological polar surface area (TPSA) is 148 Å². The summed E-state index contributed by atoms with van der Waals surface area (Å²) < 4.78 is 0. The molecule has 116 valence electrons. The van der Waals surface area contributed by atoms with Crippen molar-refractivity contribution in [3.05, 3.63) is 23.7 Å². The zero-order chi connectivity index (χ0) is 15.9. The van der Waals surface area contributed by atoms with Crippen molar-refractivity contribution in [3.63, 3.8) is 0 Å². The van der Waals surface area contributed by atoms with E-state index >= 15 is 0 Å². The van der Waals surface area contributed by atoms with E-state index in [9.17, 15) is 14.7 Å².